The normalized spacial score (nSPS) is 12.2. The molecule has 3 heteroatoms. The predicted octanol–water partition coefficient (Wildman–Crippen LogP) is 3.03. The van der Waals surface area contributed by atoms with Crippen molar-refractivity contribution in [3.8, 4) is 0 Å². The second kappa shape index (κ2) is 5.76. The standard InChI is InChI=1S/C16H20N2O/c1-11-3-8-15(9-12(11)2)18-10-16(19)13-4-6-14(17)7-5-13/h3-9,16,18-19H,10,17H2,1-2H3. The van der Waals surface area contributed by atoms with Gasteiger partial charge in [-0.05, 0) is 54.8 Å². The number of nitrogens with one attached hydrogen (secondary N) is 1. The minimum Gasteiger partial charge on any atom is -0.399 e. The van der Waals surface area contributed by atoms with E-state index in [1.54, 1.807) is 12.1 Å². The average molecular weight is 256 g/mol. The summed E-state index contributed by atoms with van der Waals surface area (Å²) in [6.07, 6.45) is -0.540. The van der Waals surface area contributed by atoms with Crippen LogP contribution in [0.25, 0.3) is 0 Å². The summed E-state index contributed by atoms with van der Waals surface area (Å²) in [7, 11) is 0. The van der Waals surface area contributed by atoms with Gasteiger partial charge in [-0.25, -0.2) is 0 Å². The van der Waals surface area contributed by atoms with Crippen LogP contribution in [-0.2, 0) is 0 Å². The van der Waals surface area contributed by atoms with Crippen LogP contribution in [0.15, 0.2) is 42.5 Å². The van der Waals surface area contributed by atoms with E-state index in [1.807, 2.05) is 18.2 Å². The van der Waals surface area contributed by atoms with Gasteiger partial charge in [-0.15, -0.1) is 0 Å². The Hall–Kier alpha value is -2.00. The van der Waals surface area contributed by atoms with Gasteiger partial charge in [0.25, 0.3) is 0 Å². The van der Waals surface area contributed by atoms with Crippen LogP contribution in [0.5, 0.6) is 0 Å². The van der Waals surface area contributed by atoms with Crippen molar-refractivity contribution < 1.29 is 5.11 Å². The maximum atomic E-state index is 10.1. The molecule has 0 bridgehead atoms. The fourth-order valence-corrected chi connectivity index (χ4v) is 1.90. The van der Waals surface area contributed by atoms with Crippen LogP contribution in [0, 0.1) is 13.8 Å². The first kappa shape index (κ1) is 13.4. The highest BCUT2D eigenvalue weighted by atomic mass is 16.3. The molecule has 0 radical (unpaired) electrons. The number of aryl methyl sites for hydroxylation is 2. The molecule has 2 rings (SSSR count). The fraction of sp³-hybridized carbons (Fsp3) is 0.250. The van der Waals surface area contributed by atoms with Gasteiger partial charge in [0.15, 0.2) is 0 Å². The third kappa shape index (κ3) is 3.48. The molecule has 0 amide bonds. The molecule has 0 fully saturated rings. The maximum Gasteiger partial charge on any atom is 0.0962 e. The molecule has 0 aliphatic heterocycles. The van der Waals surface area contributed by atoms with E-state index in [0.717, 1.165) is 11.3 Å². The van der Waals surface area contributed by atoms with Crippen LogP contribution < -0.4 is 11.1 Å². The Kier molecular flexibility index (Phi) is 4.07. The molecule has 1 atom stereocenters. The summed E-state index contributed by atoms with van der Waals surface area (Å²) in [5, 5.41) is 13.3. The zero-order valence-corrected chi connectivity index (χ0v) is 11.4. The van der Waals surface area contributed by atoms with E-state index < -0.39 is 6.10 Å². The summed E-state index contributed by atoms with van der Waals surface area (Å²) >= 11 is 0. The molecule has 2 aromatic carbocycles. The molecule has 0 aromatic heterocycles. The van der Waals surface area contributed by atoms with Crippen LogP contribution in [-0.4, -0.2) is 11.7 Å². The third-order valence-corrected chi connectivity index (χ3v) is 3.33. The van der Waals surface area contributed by atoms with E-state index >= 15 is 0 Å². The molecule has 3 nitrogen and oxygen atoms in total. The van der Waals surface area contributed by atoms with Crippen LogP contribution in [0.3, 0.4) is 0 Å². The van der Waals surface area contributed by atoms with Gasteiger partial charge in [0.2, 0.25) is 0 Å². The molecular weight excluding hydrogens is 236 g/mol. The molecular formula is C16H20N2O. The lowest BCUT2D eigenvalue weighted by atomic mass is 10.1. The molecule has 0 heterocycles. The summed E-state index contributed by atoms with van der Waals surface area (Å²) in [4.78, 5) is 0. The van der Waals surface area contributed by atoms with Gasteiger partial charge in [0.05, 0.1) is 6.10 Å². The quantitative estimate of drug-likeness (QED) is 0.737. The van der Waals surface area contributed by atoms with Crippen molar-refractivity contribution >= 4 is 11.4 Å². The van der Waals surface area contributed by atoms with Gasteiger partial charge in [-0.3, -0.25) is 0 Å². The van der Waals surface area contributed by atoms with Crippen LogP contribution in [0.2, 0.25) is 0 Å². The van der Waals surface area contributed by atoms with Gasteiger partial charge in [-0.1, -0.05) is 18.2 Å². The number of benzene rings is 2. The number of nitrogens with two attached hydrogens (primary N) is 1. The van der Waals surface area contributed by atoms with Crippen LogP contribution in [0.1, 0.15) is 22.8 Å². The van der Waals surface area contributed by atoms with Crippen molar-refractivity contribution in [2.24, 2.45) is 0 Å². The summed E-state index contributed by atoms with van der Waals surface area (Å²) in [6, 6.07) is 13.5. The molecule has 4 N–H and O–H groups in total. The minimum absolute atomic E-state index is 0.479. The van der Waals surface area contributed by atoms with E-state index in [-0.39, 0.29) is 0 Å². The van der Waals surface area contributed by atoms with Crippen molar-refractivity contribution in [2.45, 2.75) is 20.0 Å². The monoisotopic (exact) mass is 256 g/mol. The Morgan fingerprint density at radius 3 is 2.37 bits per heavy atom. The molecule has 0 aliphatic rings. The summed E-state index contributed by atoms with van der Waals surface area (Å²) in [5.41, 5.74) is 10.7. The van der Waals surface area contributed by atoms with Gasteiger partial charge >= 0.3 is 0 Å². The maximum absolute atomic E-state index is 10.1. The highest BCUT2D eigenvalue weighted by molar-refractivity contribution is 5.48. The molecule has 100 valence electrons. The summed E-state index contributed by atoms with van der Waals surface area (Å²) in [6.45, 7) is 4.64. The van der Waals surface area contributed by atoms with Crippen LogP contribution >= 0.6 is 0 Å². The molecule has 0 saturated heterocycles. The third-order valence-electron chi connectivity index (χ3n) is 3.33. The minimum atomic E-state index is -0.540. The first-order valence-electron chi connectivity index (χ1n) is 6.41. The molecule has 0 saturated carbocycles. The first-order valence-corrected chi connectivity index (χ1v) is 6.41. The number of nitrogen functional groups attached to an aromatic ring is 1. The van der Waals surface area contributed by atoms with Gasteiger partial charge in [0, 0.05) is 17.9 Å². The highest BCUT2D eigenvalue weighted by Gasteiger charge is 2.07. The Bertz CT molecular complexity index is 549. The number of aliphatic hydroxyl groups is 1. The summed E-state index contributed by atoms with van der Waals surface area (Å²) in [5.74, 6) is 0. The highest BCUT2D eigenvalue weighted by Crippen LogP contribution is 2.18. The number of anilines is 2. The molecule has 0 aliphatic carbocycles. The predicted molar refractivity (Wildman–Crippen MR) is 80.2 cm³/mol. The van der Waals surface area contributed by atoms with Crippen LogP contribution in [0.4, 0.5) is 11.4 Å². The fourth-order valence-electron chi connectivity index (χ4n) is 1.90. The zero-order valence-electron chi connectivity index (χ0n) is 11.4. The second-order valence-electron chi connectivity index (χ2n) is 4.86. The number of aliphatic hydroxyl groups excluding tert-OH is 1. The van der Waals surface area contributed by atoms with Crippen molar-refractivity contribution in [1.82, 2.24) is 0 Å². The largest absolute Gasteiger partial charge is 0.399 e. The Morgan fingerprint density at radius 2 is 1.74 bits per heavy atom. The van der Waals surface area contributed by atoms with Crippen molar-refractivity contribution in [1.29, 1.82) is 0 Å². The van der Waals surface area contributed by atoms with Crippen molar-refractivity contribution in [2.75, 3.05) is 17.6 Å². The smallest absolute Gasteiger partial charge is 0.0962 e. The van der Waals surface area contributed by atoms with Crippen molar-refractivity contribution in [3.63, 3.8) is 0 Å². The van der Waals surface area contributed by atoms with E-state index in [0.29, 0.717) is 12.2 Å². The molecule has 0 spiro atoms. The topological polar surface area (TPSA) is 58.3 Å². The second-order valence-corrected chi connectivity index (χ2v) is 4.86. The lowest BCUT2D eigenvalue weighted by Gasteiger charge is -2.14. The first-order chi connectivity index (χ1) is 9.06. The lowest BCUT2D eigenvalue weighted by molar-refractivity contribution is 0.191. The number of hydrogen-bond acceptors (Lipinski definition) is 3. The zero-order chi connectivity index (χ0) is 13.8. The van der Waals surface area contributed by atoms with Gasteiger partial charge < -0.3 is 16.2 Å². The molecule has 19 heavy (non-hydrogen) atoms. The van der Waals surface area contributed by atoms with E-state index in [1.165, 1.54) is 11.1 Å². The van der Waals surface area contributed by atoms with Gasteiger partial charge in [0.1, 0.15) is 0 Å². The summed E-state index contributed by atoms with van der Waals surface area (Å²) < 4.78 is 0. The number of rotatable bonds is 4. The van der Waals surface area contributed by atoms with E-state index in [2.05, 4.69) is 31.3 Å². The van der Waals surface area contributed by atoms with Crippen molar-refractivity contribution in [3.05, 3.63) is 59.2 Å². The van der Waals surface area contributed by atoms with E-state index in [4.69, 9.17) is 5.73 Å². The van der Waals surface area contributed by atoms with Gasteiger partial charge in [-0.2, -0.15) is 0 Å². The SMILES string of the molecule is Cc1ccc(NCC(O)c2ccc(N)cc2)cc1C. The molecule has 1 unspecified atom stereocenters. The Balaban J connectivity index is 1.98. The van der Waals surface area contributed by atoms with E-state index in [9.17, 15) is 5.11 Å². The average Bonchev–Trinajstić information content (AvgIpc) is 2.40. The molecule has 2 aromatic rings. The lowest BCUT2D eigenvalue weighted by Crippen LogP contribution is -2.12. The Morgan fingerprint density at radius 1 is 1.05 bits per heavy atom. The number of hydrogen-bond donors (Lipinski definition) is 3. The Labute approximate surface area is 114 Å².